The summed E-state index contributed by atoms with van der Waals surface area (Å²) in [6.45, 7) is 6.50. The first-order valence-corrected chi connectivity index (χ1v) is 8.17. The Bertz CT molecular complexity index is 615. The molecule has 2 aromatic rings. The first-order chi connectivity index (χ1) is 10.3. The van der Waals surface area contributed by atoms with Crippen molar-refractivity contribution in [1.29, 1.82) is 0 Å². The van der Waals surface area contributed by atoms with E-state index in [-0.39, 0.29) is 24.8 Å². The van der Waals surface area contributed by atoms with Crippen molar-refractivity contribution in [3.63, 3.8) is 0 Å². The molecule has 23 heavy (non-hydrogen) atoms. The van der Waals surface area contributed by atoms with E-state index in [0.717, 1.165) is 44.5 Å². The summed E-state index contributed by atoms with van der Waals surface area (Å²) in [6.07, 6.45) is 2.28. The molecule has 1 aliphatic heterocycles. The van der Waals surface area contributed by atoms with Crippen molar-refractivity contribution < 1.29 is 0 Å². The molecule has 1 N–H and O–H groups in total. The van der Waals surface area contributed by atoms with Crippen LogP contribution in [0, 0.1) is 0 Å². The second-order valence-corrected chi connectivity index (χ2v) is 6.01. The smallest absolute Gasteiger partial charge is 0.134 e. The highest BCUT2D eigenvalue weighted by Crippen LogP contribution is 2.32. The molecule has 128 valence electrons. The van der Waals surface area contributed by atoms with Crippen LogP contribution in [0.1, 0.15) is 31.4 Å². The SMILES string of the molecule is CCC[C@H](c1cc2ccccc2nc1Cl)N1CCNCC1.Cl.Cl. The molecule has 1 fully saturated rings. The van der Waals surface area contributed by atoms with Gasteiger partial charge in [0.1, 0.15) is 5.15 Å². The molecule has 0 spiro atoms. The Kier molecular flexibility index (Phi) is 8.59. The highest BCUT2D eigenvalue weighted by molar-refractivity contribution is 6.30. The third-order valence-corrected chi connectivity index (χ3v) is 4.52. The van der Waals surface area contributed by atoms with Crippen LogP contribution in [0.2, 0.25) is 5.15 Å². The first-order valence-electron chi connectivity index (χ1n) is 7.79. The van der Waals surface area contributed by atoms with Crippen molar-refractivity contribution >= 4 is 47.3 Å². The lowest BCUT2D eigenvalue weighted by molar-refractivity contribution is 0.164. The van der Waals surface area contributed by atoms with Crippen LogP contribution in [0.4, 0.5) is 0 Å². The van der Waals surface area contributed by atoms with Gasteiger partial charge in [-0.3, -0.25) is 4.90 Å². The van der Waals surface area contributed by atoms with Crippen molar-refractivity contribution in [3.05, 3.63) is 41.0 Å². The number of halogens is 3. The van der Waals surface area contributed by atoms with Gasteiger partial charge in [0.05, 0.1) is 5.52 Å². The Hall–Kier alpha value is -0.580. The van der Waals surface area contributed by atoms with E-state index in [1.165, 1.54) is 10.9 Å². The Labute approximate surface area is 155 Å². The van der Waals surface area contributed by atoms with Crippen LogP contribution in [0.25, 0.3) is 10.9 Å². The predicted octanol–water partition coefficient (Wildman–Crippen LogP) is 4.48. The van der Waals surface area contributed by atoms with Gasteiger partial charge >= 0.3 is 0 Å². The summed E-state index contributed by atoms with van der Waals surface area (Å²) in [5.41, 5.74) is 2.15. The van der Waals surface area contributed by atoms with E-state index in [4.69, 9.17) is 11.6 Å². The van der Waals surface area contributed by atoms with Gasteiger partial charge < -0.3 is 5.32 Å². The van der Waals surface area contributed by atoms with Gasteiger partial charge in [-0.1, -0.05) is 43.1 Å². The minimum atomic E-state index is 0. The molecule has 6 heteroatoms. The molecule has 0 bridgehead atoms. The first kappa shape index (κ1) is 20.5. The predicted molar refractivity (Wildman–Crippen MR) is 103 cm³/mol. The molecule has 0 saturated carbocycles. The van der Waals surface area contributed by atoms with Crippen molar-refractivity contribution in [2.45, 2.75) is 25.8 Å². The number of nitrogens with one attached hydrogen (secondary N) is 1. The number of nitrogens with zero attached hydrogens (tertiary/aromatic N) is 2. The average molecular weight is 377 g/mol. The number of hydrogen-bond acceptors (Lipinski definition) is 3. The van der Waals surface area contributed by atoms with Crippen LogP contribution in [0.3, 0.4) is 0 Å². The Balaban J connectivity index is 0.00000132. The van der Waals surface area contributed by atoms with Crippen molar-refractivity contribution in [2.75, 3.05) is 26.2 Å². The molecule has 0 radical (unpaired) electrons. The zero-order chi connectivity index (χ0) is 14.7. The summed E-state index contributed by atoms with van der Waals surface area (Å²) in [7, 11) is 0. The highest BCUT2D eigenvalue weighted by Gasteiger charge is 2.24. The van der Waals surface area contributed by atoms with Gasteiger partial charge in [-0.05, 0) is 18.6 Å². The van der Waals surface area contributed by atoms with Crippen LogP contribution in [0.5, 0.6) is 0 Å². The molecule has 1 aliphatic rings. The summed E-state index contributed by atoms with van der Waals surface area (Å²) in [5, 5.41) is 5.25. The second-order valence-electron chi connectivity index (χ2n) is 5.65. The molecular formula is C17H24Cl3N3. The van der Waals surface area contributed by atoms with E-state index in [1.807, 2.05) is 12.1 Å². The zero-order valence-electron chi connectivity index (χ0n) is 13.3. The number of rotatable bonds is 4. The van der Waals surface area contributed by atoms with Gasteiger partial charge in [-0.2, -0.15) is 0 Å². The molecule has 0 aliphatic carbocycles. The van der Waals surface area contributed by atoms with E-state index < -0.39 is 0 Å². The molecule has 2 heterocycles. The Morgan fingerprint density at radius 2 is 1.91 bits per heavy atom. The lowest BCUT2D eigenvalue weighted by Gasteiger charge is -2.35. The minimum Gasteiger partial charge on any atom is -0.314 e. The molecule has 1 saturated heterocycles. The Morgan fingerprint density at radius 1 is 1.22 bits per heavy atom. The third-order valence-electron chi connectivity index (χ3n) is 4.22. The molecule has 1 aromatic carbocycles. The summed E-state index contributed by atoms with van der Waals surface area (Å²) < 4.78 is 0. The van der Waals surface area contributed by atoms with Crippen LogP contribution < -0.4 is 5.32 Å². The summed E-state index contributed by atoms with van der Waals surface area (Å²) >= 11 is 6.50. The standard InChI is InChI=1S/C17H22ClN3.2ClH/c1-2-5-16(21-10-8-19-9-11-21)14-12-13-6-3-4-7-15(13)20-17(14)18;;/h3-4,6-7,12,16,19H,2,5,8-11H2,1H3;2*1H/t16-;;/m1../s1. The van der Waals surface area contributed by atoms with Gasteiger partial charge in [0, 0.05) is 43.2 Å². The lowest BCUT2D eigenvalue weighted by atomic mass is 10.00. The van der Waals surface area contributed by atoms with E-state index in [1.54, 1.807) is 0 Å². The molecule has 1 atom stereocenters. The summed E-state index contributed by atoms with van der Waals surface area (Å²) in [4.78, 5) is 7.14. The number of aromatic nitrogens is 1. The molecule has 3 rings (SSSR count). The van der Waals surface area contributed by atoms with Gasteiger partial charge in [-0.25, -0.2) is 4.98 Å². The zero-order valence-corrected chi connectivity index (χ0v) is 15.7. The summed E-state index contributed by atoms with van der Waals surface area (Å²) in [6, 6.07) is 10.8. The fourth-order valence-corrected chi connectivity index (χ4v) is 3.42. The number of para-hydroxylation sites is 1. The van der Waals surface area contributed by atoms with E-state index >= 15 is 0 Å². The van der Waals surface area contributed by atoms with E-state index in [9.17, 15) is 0 Å². The fourth-order valence-electron chi connectivity index (χ4n) is 3.14. The number of benzene rings is 1. The fraction of sp³-hybridized carbons (Fsp3) is 0.471. The third kappa shape index (κ3) is 4.71. The number of piperazine rings is 1. The van der Waals surface area contributed by atoms with E-state index in [2.05, 4.69) is 40.3 Å². The lowest BCUT2D eigenvalue weighted by Crippen LogP contribution is -2.45. The average Bonchev–Trinajstić information content (AvgIpc) is 2.53. The number of hydrogen-bond donors (Lipinski definition) is 1. The van der Waals surface area contributed by atoms with Crippen molar-refractivity contribution in [1.82, 2.24) is 15.2 Å². The van der Waals surface area contributed by atoms with Crippen LogP contribution >= 0.6 is 36.4 Å². The maximum Gasteiger partial charge on any atom is 0.134 e. The largest absolute Gasteiger partial charge is 0.314 e. The highest BCUT2D eigenvalue weighted by atomic mass is 35.5. The van der Waals surface area contributed by atoms with Gasteiger partial charge in [-0.15, -0.1) is 24.8 Å². The van der Waals surface area contributed by atoms with Gasteiger partial charge in [0.15, 0.2) is 0 Å². The molecule has 0 unspecified atom stereocenters. The number of pyridine rings is 1. The summed E-state index contributed by atoms with van der Waals surface area (Å²) in [5.74, 6) is 0. The molecule has 3 nitrogen and oxygen atoms in total. The monoisotopic (exact) mass is 375 g/mol. The number of fused-ring (bicyclic) bond motifs is 1. The van der Waals surface area contributed by atoms with Crippen molar-refractivity contribution in [3.8, 4) is 0 Å². The van der Waals surface area contributed by atoms with Crippen LogP contribution in [-0.4, -0.2) is 36.1 Å². The molecular weight excluding hydrogens is 353 g/mol. The minimum absolute atomic E-state index is 0. The van der Waals surface area contributed by atoms with Gasteiger partial charge in [0.25, 0.3) is 0 Å². The van der Waals surface area contributed by atoms with Gasteiger partial charge in [0.2, 0.25) is 0 Å². The van der Waals surface area contributed by atoms with Crippen LogP contribution in [0.15, 0.2) is 30.3 Å². The van der Waals surface area contributed by atoms with Crippen LogP contribution in [-0.2, 0) is 0 Å². The normalized spacial score (nSPS) is 16.4. The molecule has 1 aromatic heterocycles. The second kappa shape index (κ2) is 9.65. The topological polar surface area (TPSA) is 28.2 Å². The quantitative estimate of drug-likeness (QED) is 0.798. The maximum atomic E-state index is 6.50. The maximum absolute atomic E-state index is 6.50. The van der Waals surface area contributed by atoms with Crippen molar-refractivity contribution in [2.24, 2.45) is 0 Å². The van der Waals surface area contributed by atoms with E-state index in [0.29, 0.717) is 11.2 Å². The Morgan fingerprint density at radius 3 is 2.61 bits per heavy atom. The molecule has 0 amide bonds.